The van der Waals surface area contributed by atoms with Crippen LogP contribution in [0, 0.1) is 11.3 Å². The molecule has 0 fully saturated rings. The molecule has 30 heavy (non-hydrogen) atoms. The van der Waals surface area contributed by atoms with Gasteiger partial charge in [0.25, 0.3) is 0 Å². The molecule has 1 rings (SSSR count). The van der Waals surface area contributed by atoms with Crippen molar-refractivity contribution in [2.24, 2.45) is 11.3 Å². The Morgan fingerprint density at radius 3 is 1.67 bits per heavy atom. The highest BCUT2D eigenvalue weighted by molar-refractivity contribution is 5.71. The Labute approximate surface area is 186 Å². The van der Waals surface area contributed by atoms with Gasteiger partial charge in [-0.2, -0.15) is 0 Å². The highest BCUT2D eigenvalue weighted by Gasteiger charge is 2.30. The molecule has 1 aromatic rings. The number of hydrogen-bond donors (Lipinski definition) is 1. The molecule has 1 unspecified atom stereocenters. The van der Waals surface area contributed by atoms with E-state index in [4.69, 9.17) is 0 Å². The SMILES string of the molecule is CCCCCCCCCCCCCCCC(Cc1ccccc1)C(C)(C)C(=O)[O-].[NH4+]. The molecule has 0 aliphatic carbocycles. The summed E-state index contributed by atoms with van der Waals surface area (Å²) < 4.78 is 0. The number of quaternary nitrogens is 1. The molecule has 0 spiro atoms. The average molecular weight is 420 g/mol. The van der Waals surface area contributed by atoms with Gasteiger partial charge in [0.05, 0.1) is 0 Å². The summed E-state index contributed by atoms with van der Waals surface area (Å²) in [6, 6.07) is 10.3. The van der Waals surface area contributed by atoms with Crippen molar-refractivity contribution in [1.82, 2.24) is 6.15 Å². The Balaban J connectivity index is 0.00000841. The fraction of sp³-hybridized carbons (Fsp3) is 0.741. The maximum Gasteiger partial charge on any atom is 0.0473 e. The number of carbonyl (C=O) groups is 1. The number of benzene rings is 1. The van der Waals surface area contributed by atoms with E-state index in [0.29, 0.717) is 0 Å². The van der Waals surface area contributed by atoms with Gasteiger partial charge in [-0.15, -0.1) is 0 Å². The Kier molecular flexibility index (Phi) is 16.6. The van der Waals surface area contributed by atoms with Gasteiger partial charge in [0, 0.05) is 11.4 Å². The van der Waals surface area contributed by atoms with Crippen molar-refractivity contribution in [3.63, 3.8) is 0 Å². The Morgan fingerprint density at radius 1 is 0.800 bits per heavy atom. The molecule has 0 bridgehead atoms. The second-order valence-corrected chi connectivity index (χ2v) is 9.43. The van der Waals surface area contributed by atoms with Crippen LogP contribution in [-0.2, 0) is 11.2 Å². The standard InChI is InChI=1S/C27H46O2.H3N/c1-4-5-6-7-8-9-10-11-12-13-14-15-19-22-25(27(2,3)26(28)29)23-24-20-17-16-18-21-24;/h16-18,20-21,25H,4-15,19,22-23H2,1-3H3,(H,28,29);1H3. The molecule has 0 aromatic heterocycles. The van der Waals surface area contributed by atoms with Crippen molar-refractivity contribution in [2.75, 3.05) is 0 Å². The molecular formula is C27H49NO2. The van der Waals surface area contributed by atoms with Crippen LogP contribution in [0.1, 0.15) is 116 Å². The van der Waals surface area contributed by atoms with E-state index in [2.05, 4.69) is 19.1 Å². The number of carboxylic acids is 1. The predicted molar refractivity (Wildman–Crippen MR) is 129 cm³/mol. The van der Waals surface area contributed by atoms with Gasteiger partial charge in [0.15, 0.2) is 0 Å². The molecule has 0 amide bonds. The van der Waals surface area contributed by atoms with Gasteiger partial charge in [-0.25, -0.2) is 0 Å². The Morgan fingerprint density at radius 2 is 1.23 bits per heavy atom. The van der Waals surface area contributed by atoms with Gasteiger partial charge in [0.2, 0.25) is 0 Å². The summed E-state index contributed by atoms with van der Waals surface area (Å²) in [6.07, 6.45) is 19.2. The lowest BCUT2D eigenvalue weighted by Gasteiger charge is -2.35. The van der Waals surface area contributed by atoms with E-state index >= 15 is 0 Å². The maximum absolute atomic E-state index is 11.7. The predicted octanol–water partition coefficient (Wildman–Crippen LogP) is 7.48. The molecule has 174 valence electrons. The minimum absolute atomic E-state index is 0. The largest absolute Gasteiger partial charge is 0.550 e. The first-order valence-corrected chi connectivity index (χ1v) is 12.2. The average Bonchev–Trinajstić information content (AvgIpc) is 2.71. The second-order valence-electron chi connectivity index (χ2n) is 9.43. The summed E-state index contributed by atoms with van der Waals surface area (Å²) >= 11 is 0. The van der Waals surface area contributed by atoms with E-state index in [9.17, 15) is 9.90 Å². The quantitative estimate of drug-likeness (QED) is 0.250. The van der Waals surface area contributed by atoms with Crippen LogP contribution >= 0.6 is 0 Å². The summed E-state index contributed by atoms with van der Waals surface area (Å²) in [7, 11) is 0. The first kappa shape index (κ1) is 28.6. The molecule has 0 aliphatic rings. The fourth-order valence-electron chi connectivity index (χ4n) is 4.19. The van der Waals surface area contributed by atoms with Crippen LogP contribution in [0.2, 0.25) is 0 Å². The Bertz CT molecular complexity index is 527. The van der Waals surface area contributed by atoms with Gasteiger partial charge in [-0.3, -0.25) is 0 Å². The van der Waals surface area contributed by atoms with E-state index in [1.165, 1.54) is 82.6 Å². The smallest absolute Gasteiger partial charge is 0.0473 e. The first-order chi connectivity index (χ1) is 14.0. The fourth-order valence-corrected chi connectivity index (χ4v) is 4.19. The molecule has 0 heterocycles. The highest BCUT2D eigenvalue weighted by Crippen LogP contribution is 2.33. The molecule has 0 aliphatic heterocycles. The third-order valence-corrected chi connectivity index (χ3v) is 6.53. The summed E-state index contributed by atoms with van der Waals surface area (Å²) in [5.41, 5.74) is 0.439. The number of aliphatic carboxylic acids is 1. The monoisotopic (exact) mass is 419 g/mol. The van der Waals surface area contributed by atoms with Crippen LogP contribution in [0.3, 0.4) is 0 Å². The molecule has 3 heteroatoms. The summed E-state index contributed by atoms with van der Waals surface area (Å²) in [4.78, 5) is 11.7. The summed E-state index contributed by atoms with van der Waals surface area (Å²) in [5.74, 6) is -0.796. The van der Waals surface area contributed by atoms with Crippen LogP contribution in [0.4, 0.5) is 0 Å². The molecule has 0 saturated heterocycles. The van der Waals surface area contributed by atoms with Crippen LogP contribution in [0.5, 0.6) is 0 Å². The summed E-state index contributed by atoms with van der Waals surface area (Å²) in [5, 5.41) is 11.7. The third-order valence-electron chi connectivity index (χ3n) is 6.53. The second kappa shape index (κ2) is 17.3. The normalized spacial score (nSPS) is 12.4. The van der Waals surface area contributed by atoms with Crippen LogP contribution < -0.4 is 11.3 Å². The van der Waals surface area contributed by atoms with Crippen LogP contribution in [-0.4, -0.2) is 5.97 Å². The topological polar surface area (TPSA) is 76.6 Å². The van der Waals surface area contributed by atoms with Crippen molar-refractivity contribution in [2.45, 2.75) is 117 Å². The number of rotatable bonds is 18. The van der Waals surface area contributed by atoms with E-state index in [1.54, 1.807) is 0 Å². The van der Waals surface area contributed by atoms with Gasteiger partial charge in [-0.1, -0.05) is 135 Å². The molecular weight excluding hydrogens is 370 g/mol. The molecule has 3 nitrogen and oxygen atoms in total. The zero-order valence-electron chi connectivity index (χ0n) is 20.4. The third kappa shape index (κ3) is 12.4. The minimum atomic E-state index is -0.923. The van der Waals surface area contributed by atoms with Crippen molar-refractivity contribution >= 4 is 5.97 Å². The number of unbranched alkanes of at least 4 members (excludes halogenated alkanes) is 12. The lowest BCUT2D eigenvalue weighted by Crippen LogP contribution is -2.44. The minimum Gasteiger partial charge on any atom is -0.550 e. The van der Waals surface area contributed by atoms with Crippen molar-refractivity contribution in [3.05, 3.63) is 35.9 Å². The zero-order valence-corrected chi connectivity index (χ0v) is 20.4. The molecule has 1 aromatic carbocycles. The molecule has 4 N–H and O–H groups in total. The zero-order chi connectivity index (χ0) is 21.4. The number of carboxylic acid groups (broad SMARTS) is 1. The van der Waals surface area contributed by atoms with Gasteiger partial charge in [-0.05, 0) is 24.3 Å². The number of carbonyl (C=O) groups excluding carboxylic acids is 1. The molecule has 0 radical (unpaired) electrons. The van der Waals surface area contributed by atoms with Crippen molar-refractivity contribution < 1.29 is 9.90 Å². The van der Waals surface area contributed by atoms with Gasteiger partial charge < -0.3 is 16.1 Å². The molecule has 0 saturated carbocycles. The summed E-state index contributed by atoms with van der Waals surface area (Å²) in [6.45, 7) is 5.93. The van der Waals surface area contributed by atoms with E-state index in [0.717, 1.165) is 19.3 Å². The van der Waals surface area contributed by atoms with E-state index in [-0.39, 0.29) is 12.1 Å². The number of hydrogen-bond acceptors (Lipinski definition) is 2. The van der Waals surface area contributed by atoms with Crippen LogP contribution in [0.25, 0.3) is 0 Å². The lowest BCUT2D eigenvalue weighted by molar-refractivity contribution is -0.320. The Hall–Kier alpha value is -1.35. The molecule has 1 atom stereocenters. The van der Waals surface area contributed by atoms with E-state index in [1.807, 2.05) is 32.0 Å². The van der Waals surface area contributed by atoms with Gasteiger partial charge in [0.1, 0.15) is 0 Å². The highest BCUT2D eigenvalue weighted by atomic mass is 16.4. The van der Waals surface area contributed by atoms with Gasteiger partial charge >= 0.3 is 0 Å². The van der Waals surface area contributed by atoms with Crippen molar-refractivity contribution in [3.8, 4) is 0 Å². The van der Waals surface area contributed by atoms with Crippen LogP contribution in [0.15, 0.2) is 30.3 Å². The lowest BCUT2D eigenvalue weighted by atomic mass is 9.73. The van der Waals surface area contributed by atoms with Crippen molar-refractivity contribution in [1.29, 1.82) is 0 Å². The van der Waals surface area contributed by atoms with E-state index < -0.39 is 11.4 Å². The maximum atomic E-state index is 11.7. The first-order valence-electron chi connectivity index (χ1n) is 12.2.